The van der Waals surface area contributed by atoms with Crippen LogP contribution >= 0.6 is 0 Å². The number of phenols is 1. The van der Waals surface area contributed by atoms with Crippen molar-refractivity contribution < 1.29 is 5.11 Å². The maximum absolute atomic E-state index is 9.77. The number of aryl methyl sites for hydroxylation is 3. The van der Waals surface area contributed by atoms with Gasteiger partial charge in [0, 0.05) is 6.54 Å². The van der Waals surface area contributed by atoms with Crippen molar-refractivity contribution >= 4 is 5.69 Å². The number of phenolic OH excluding ortho intramolecular Hbond substituents is 1. The molecular formula is C17H18N2O. The van der Waals surface area contributed by atoms with Crippen LogP contribution in [0.4, 0.5) is 5.69 Å². The molecular weight excluding hydrogens is 248 g/mol. The third-order valence-electron chi connectivity index (χ3n) is 3.42. The zero-order chi connectivity index (χ0) is 14.7. The van der Waals surface area contributed by atoms with E-state index in [1.807, 2.05) is 51.1 Å². The van der Waals surface area contributed by atoms with Crippen molar-refractivity contribution in [2.75, 3.05) is 5.32 Å². The lowest BCUT2D eigenvalue weighted by atomic mass is 10.0. The van der Waals surface area contributed by atoms with Gasteiger partial charge in [0.2, 0.25) is 0 Å². The van der Waals surface area contributed by atoms with Crippen LogP contribution in [0.5, 0.6) is 5.75 Å². The summed E-state index contributed by atoms with van der Waals surface area (Å²) in [6.45, 7) is 6.33. The van der Waals surface area contributed by atoms with E-state index in [9.17, 15) is 10.4 Å². The summed E-state index contributed by atoms with van der Waals surface area (Å²) < 4.78 is 0. The molecule has 0 atom stereocenters. The van der Waals surface area contributed by atoms with E-state index >= 15 is 0 Å². The van der Waals surface area contributed by atoms with E-state index in [4.69, 9.17) is 0 Å². The van der Waals surface area contributed by atoms with Gasteiger partial charge in [-0.05, 0) is 49.1 Å². The van der Waals surface area contributed by atoms with Gasteiger partial charge in [-0.15, -0.1) is 0 Å². The second-order valence-corrected chi connectivity index (χ2v) is 5.04. The Morgan fingerprint density at radius 3 is 2.35 bits per heavy atom. The summed E-state index contributed by atoms with van der Waals surface area (Å²) in [6.07, 6.45) is 0. The Bertz CT molecular complexity index is 661. The van der Waals surface area contributed by atoms with Crippen LogP contribution in [0, 0.1) is 32.1 Å². The van der Waals surface area contributed by atoms with Crippen LogP contribution in [-0.2, 0) is 6.54 Å². The highest BCUT2D eigenvalue weighted by Crippen LogP contribution is 2.24. The minimum absolute atomic E-state index is 0.349. The summed E-state index contributed by atoms with van der Waals surface area (Å²) in [5.74, 6) is 0.349. The second kappa shape index (κ2) is 5.66. The Morgan fingerprint density at radius 1 is 1.10 bits per heavy atom. The maximum atomic E-state index is 9.77. The van der Waals surface area contributed by atoms with Crippen molar-refractivity contribution in [1.82, 2.24) is 0 Å². The maximum Gasteiger partial charge on any atom is 0.121 e. The van der Waals surface area contributed by atoms with Crippen molar-refractivity contribution in [2.45, 2.75) is 27.3 Å². The number of nitrogens with one attached hydrogen (secondary N) is 1. The summed E-state index contributed by atoms with van der Waals surface area (Å²) in [7, 11) is 0. The Morgan fingerprint density at radius 2 is 1.75 bits per heavy atom. The monoisotopic (exact) mass is 266 g/mol. The highest BCUT2D eigenvalue weighted by Gasteiger charge is 2.06. The number of rotatable bonds is 3. The minimum atomic E-state index is 0.349. The number of benzene rings is 2. The first kappa shape index (κ1) is 14.0. The molecule has 0 aliphatic heterocycles. The van der Waals surface area contributed by atoms with Gasteiger partial charge >= 0.3 is 0 Å². The third kappa shape index (κ3) is 2.75. The zero-order valence-electron chi connectivity index (χ0n) is 12.0. The van der Waals surface area contributed by atoms with Crippen LogP contribution in [0.3, 0.4) is 0 Å². The smallest absolute Gasteiger partial charge is 0.121 e. The molecule has 0 bridgehead atoms. The number of hydrogen-bond acceptors (Lipinski definition) is 3. The molecule has 3 heteroatoms. The molecule has 0 fully saturated rings. The van der Waals surface area contributed by atoms with Crippen LogP contribution < -0.4 is 5.32 Å². The number of anilines is 1. The Kier molecular flexibility index (Phi) is 3.95. The number of nitriles is 1. The van der Waals surface area contributed by atoms with Crippen LogP contribution in [0.2, 0.25) is 0 Å². The zero-order valence-corrected chi connectivity index (χ0v) is 12.0. The summed E-state index contributed by atoms with van der Waals surface area (Å²) in [5.41, 5.74) is 5.31. The van der Waals surface area contributed by atoms with E-state index in [0.717, 1.165) is 27.9 Å². The van der Waals surface area contributed by atoms with Crippen molar-refractivity contribution in [3.05, 3.63) is 58.1 Å². The van der Waals surface area contributed by atoms with Crippen molar-refractivity contribution in [3.8, 4) is 11.8 Å². The lowest BCUT2D eigenvalue weighted by Gasteiger charge is -2.12. The van der Waals surface area contributed by atoms with Gasteiger partial charge in [-0.2, -0.15) is 5.26 Å². The molecule has 2 aromatic rings. The van der Waals surface area contributed by atoms with Crippen LogP contribution in [0.25, 0.3) is 0 Å². The molecule has 0 saturated carbocycles. The number of hydrogen-bond donors (Lipinski definition) is 2. The molecule has 0 radical (unpaired) electrons. The summed E-state index contributed by atoms with van der Waals surface area (Å²) in [4.78, 5) is 0. The average molecular weight is 266 g/mol. The molecule has 2 N–H and O–H groups in total. The van der Waals surface area contributed by atoms with Gasteiger partial charge < -0.3 is 10.4 Å². The fourth-order valence-electron chi connectivity index (χ4n) is 2.31. The Balaban J connectivity index is 2.22. The van der Waals surface area contributed by atoms with Gasteiger partial charge in [0.05, 0.1) is 11.3 Å². The highest BCUT2D eigenvalue weighted by molar-refractivity contribution is 5.60. The predicted molar refractivity (Wildman–Crippen MR) is 80.8 cm³/mol. The van der Waals surface area contributed by atoms with E-state index in [1.54, 1.807) is 0 Å². The number of nitrogens with zero attached hydrogens (tertiary/aromatic N) is 1. The molecule has 0 heterocycles. The van der Waals surface area contributed by atoms with E-state index in [0.29, 0.717) is 17.9 Å². The fourth-order valence-corrected chi connectivity index (χ4v) is 2.31. The largest absolute Gasteiger partial charge is 0.507 e. The summed E-state index contributed by atoms with van der Waals surface area (Å²) in [6, 6.07) is 11.9. The first-order valence-electron chi connectivity index (χ1n) is 6.55. The van der Waals surface area contributed by atoms with Gasteiger partial charge in [-0.25, -0.2) is 0 Å². The molecule has 0 aliphatic carbocycles. The average Bonchev–Trinajstić information content (AvgIpc) is 2.42. The van der Waals surface area contributed by atoms with E-state index in [2.05, 4.69) is 11.4 Å². The van der Waals surface area contributed by atoms with Crippen LogP contribution in [0.15, 0.2) is 30.3 Å². The Hall–Kier alpha value is -2.47. The topological polar surface area (TPSA) is 56.0 Å². The first-order valence-corrected chi connectivity index (χ1v) is 6.55. The normalized spacial score (nSPS) is 10.1. The van der Waals surface area contributed by atoms with Gasteiger partial charge in [0.15, 0.2) is 0 Å². The van der Waals surface area contributed by atoms with Crippen molar-refractivity contribution in [1.29, 1.82) is 5.26 Å². The summed E-state index contributed by atoms with van der Waals surface area (Å²) >= 11 is 0. The molecule has 3 nitrogen and oxygen atoms in total. The molecule has 102 valence electrons. The van der Waals surface area contributed by atoms with Crippen molar-refractivity contribution in [3.63, 3.8) is 0 Å². The molecule has 20 heavy (non-hydrogen) atoms. The standard InChI is InChI=1S/C17H18N2O/c1-11-5-4-6-16(15(11)9-18)19-10-14-7-12(2)17(20)13(3)8-14/h4-8,19-20H,10H2,1-3H3. The second-order valence-electron chi connectivity index (χ2n) is 5.04. The third-order valence-corrected chi connectivity index (χ3v) is 3.42. The predicted octanol–water partition coefficient (Wildman–Crippen LogP) is 3.80. The lowest BCUT2D eigenvalue weighted by molar-refractivity contribution is 0.466. The van der Waals surface area contributed by atoms with Gasteiger partial charge in [0.25, 0.3) is 0 Å². The van der Waals surface area contributed by atoms with Crippen LogP contribution in [-0.4, -0.2) is 5.11 Å². The molecule has 0 spiro atoms. The van der Waals surface area contributed by atoms with Crippen molar-refractivity contribution in [2.24, 2.45) is 0 Å². The molecule has 0 aliphatic rings. The minimum Gasteiger partial charge on any atom is -0.507 e. The highest BCUT2D eigenvalue weighted by atomic mass is 16.3. The molecule has 0 unspecified atom stereocenters. The van der Waals surface area contributed by atoms with Gasteiger partial charge in [0.1, 0.15) is 11.8 Å². The summed E-state index contributed by atoms with van der Waals surface area (Å²) in [5, 5.41) is 22.3. The van der Waals surface area contributed by atoms with Gasteiger partial charge in [-0.1, -0.05) is 24.3 Å². The van der Waals surface area contributed by atoms with Crippen LogP contribution in [0.1, 0.15) is 27.8 Å². The molecule has 0 amide bonds. The SMILES string of the molecule is Cc1cc(CNc2cccc(C)c2C#N)cc(C)c1O. The van der Waals surface area contributed by atoms with Gasteiger partial charge in [-0.3, -0.25) is 0 Å². The number of aromatic hydroxyl groups is 1. The van der Waals surface area contributed by atoms with E-state index in [-0.39, 0.29) is 0 Å². The molecule has 0 aromatic heterocycles. The quantitative estimate of drug-likeness (QED) is 0.888. The first-order chi connectivity index (χ1) is 9.52. The van der Waals surface area contributed by atoms with E-state index in [1.165, 1.54) is 0 Å². The molecule has 2 rings (SSSR count). The fraction of sp³-hybridized carbons (Fsp3) is 0.235. The molecule has 2 aromatic carbocycles. The Labute approximate surface area is 119 Å². The van der Waals surface area contributed by atoms with E-state index < -0.39 is 0 Å². The molecule has 0 saturated heterocycles. The lowest BCUT2D eigenvalue weighted by Crippen LogP contribution is -2.03.